The quantitative estimate of drug-likeness (QED) is 0.684. The Bertz CT molecular complexity index is 1070. The van der Waals surface area contributed by atoms with Gasteiger partial charge in [0.2, 0.25) is 0 Å². The molecular weight excluding hydrogens is 371 g/mol. The first kappa shape index (κ1) is 19.1. The van der Waals surface area contributed by atoms with Crippen LogP contribution in [0.5, 0.6) is 0 Å². The molecule has 1 amide bonds. The van der Waals surface area contributed by atoms with Crippen LogP contribution in [0.2, 0.25) is 0 Å². The Morgan fingerprint density at radius 1 is 1.10 bits per heavy atom. The zero-order chi connectivity index (χ0) is 20.4. The summed E-state index contributed by atoms with van der Waals surface area (Å²) in [5, 5.41) is 4.48. The standard InChI is InChI=1S/C22H23FN4O2/c1-25-22(29)27(15-16-6-3-2-4-7-16)20(24-25)17-10-12-26(13-11-17)21(28)18-8-5-9-19(23)14-18/h2-9,14,17H,10-13,15H2,1H3. The number of hydrogen-bond acceptors (Lipinski definition) is 3. The zero-order valence-corrected chi connectivity index (χ0v) is 16.3. The molecule has 0 atom stereocenters. The maximum atomic E-state index is 13.4. The van der Waals surface area contributed by atoms with Crippen molar-refractivity contribution in [1.82, 2.24) is 19.2 Å². The average Bonchev–Trinajstić information content (AvgIpc) is 3.02. The Hall–Kier alpha value is -3.22. The van der Waals surface area contributed by atoms with Crippen LogP contribution in [0.25, 0.3) is 0 Å². The molecule has 0 spiro atoms. The predicted octanol–water partition coefficient (Wildman–Crippen LogP) is 2.79. The Balaban J connectivity index is 1.49. The van der Waals surface area contributed by atoms with E-state index in [1.165, 1.54) is 16.8 Å². The molecule has 0 aliphatic carbocycles. The van der Waals surface area contributed by atoms with Crippen molar-refractivity contribution in [2.24, 2.45) is 7.05 Å². The van der Waals surface area contributed by atoms with Crippen LogP contribution in [-0.4, -0.2) is 38.2 Å². The molecular formula is C22H23FN4O2. The Morgan fingerprint density at radius 3 is 2.52 bits per heavy atom. The molecule has 150 valence electrons. The average molecular weight is 394 g/mol. The van der Waals surface area contributed by atoms with Gasteiger partial charge in [-0.15, -0.1) is 0 Å². The highest BCUT2D eigenvalue weighted by Gasteiger charge is 2.28. The van der Waals surface area contributed by atoms with Crippen LogP contribution < -0.4 is 5.69 Å². The molecule has 1 fully saturated rings. The van der Waals surface area contributed by atoms with Gasteiger partial charge in [-0.05, 0) is 36.6 Å². The smallest absolute Gasteiger partial charge is 0.339 e. The monoisotopic (exact) mass is 394 g/mol. The van der Waals surface area contributed by atoms with E-state index in [1.54, 1.807) is 28.6 Å². The molecule has 0 bridgehead atoms. The highest BCUT2D eigenvalue weighted by Crippen LogP contribution is 2.27. The second-order valence-corrected chi connectivity index (χ2v) is 7.41. The van der Waals surface area contributed by atoms with Gasteiger partial charge >= 0.3 is 5.69 Å². The minimum absolute atomic E-state index is 0.101. The van der Waals surface area contributed by atoms with E-state index >= 15 is 0 Å². The molecule has 4 rings (SSSR count). The Kier molecular flexibility index (Phi) is 5.29. The highest BCUT2D eigenvalue weighted by molar-refractivity contribution is 5.94. The number of aryl methyl sites for hydroxylation is 1. The van der Waals surface area contributed by atoms with E-state index < -0.39 is 5.82 Å². The van der Waals surface area contributed by atoms with Gasteiger partial charge in [-0.3, -0.25) is 9.36 Å². The van der Waals surface area contributed by atoms with Crippen molar-refractivity contribution in [1.29, 1.82) is 0 Å². The van der Waals surface area contributed by atoms with Gasteiger partial charge in [0.25, 0.3) is 5.91 Å². The van der Waals surface area contributed by atoms with Gasteiger partial charge in [-0.25, -0.2) is 13.9 Å². The number of likely N-dealkylation sites (tertiary alicyclic amines) is 1. The summed E-state index contributed by atoms with van der Waals surface area (Å²) in [6, 6.07) is 15.6. The lowest BCUT2D eigenvalue weighted by molar-refractivity contribution is 0.0709. The second-order valence-electron chi connectivity index (χ2n) is 7.41. The SMILES string of the molecule is Cn1nc(C2CCN(C(=O)c3cccc(F)c3)CC2)n(Cc2ccccc2)c1=O. The Labute approximate surface area is 168 Å². The number of halogens is 1. The van der Waals surface area contributed by atoms with Crippen molar-refractivity contribution < 1.29 is 9.18 Å². The molecule has 1 aliphatic heterocycles. The molecule has 29 heavy (non-hydrogen) atoms. The molecule has 1 aromatic heterocycles. The summed E-state index contributed by atoms with van der Waals surface area (Å²) in [6.07, 6.45) is 1.43. The number of piperidine rings is 1. The van der Waals surface area contributed by atoms with E-state index in [9.17, 15) is 14.0 Å². The zero-order valence-electron chi connectivity index (χ0n) is 16.3. The number of amides is 1. The van der Waals surface area contributed by atoms with E-state index in [2.05, 4.69) is 5.10 Å². The molecule has 0 N–H and O–H groups in total. The van der Waals surface area contributed by atoms with Crippen molar-refractivity contribution in [3.63, 3.8) is 0 Å². The molecule has 0 radical (unpaired) electrons. The number of carbonyl (C=O) groups excluding carboxylic acids is 1. The van der Waals surface area contributed by atoms with Gasteiger partial charge in [0, 0.05) is 31.6 Å². The summed E-state index contributed by atoms with van der Waals surface area (Å²) in [5.74, 6) is 0.290. The normalized spacial score (nSPS) is 14.9. The van der Waals surface area contributed by atoms with E-state index in [1.807, 2.05) is 30.3 Å². The maximum absolute atomic E-state index is 13.4. The topological polar surface area (TPSA) is 60.1 Å². The Morgan fingerprint density at radius 2 is 1.83 bits per heavy atom. The van der Waals surface area contributed by atoms with Gasteiger partial charge < -0.3 is 4.90 Å². The lowest BCUT2D eigenvalue weighted by Gasteiger charge is -2.31. The highest BCUT2D eigenvalue weighted by atomic mass is 19.1. The van der Waals surface area contributed by atoms with Crippen molar-refractivity contribution in [3.8, 4) is 0 Å². The van der Waals surface area contributed by atoms with Crippen molar-refractivity contribution in [2.45, 2.75) is 25.3 Å². The molecule has 0 unspecified atom stereocenters. The lowest BCUT2D eigenvalue weighted by atomic mass is 9.95. The molecule has 2 aromatic carbocycles. The van der Waals surface area contributed by atoms with E-state index in [4.69, 9.17) is 0 Å². The maximum Gasteiger partial charge on any atom is 0.345 e. The van der Waals surface area contributed by atoms with Crippen molar-refractivity contribution in [3.05, 3.63) is 87.9 Å². The molecule has 1 aliphatic rings. The number of benzene rings is 2. The number of carbonyl (C=O) groups is 1. The van der Waals surface area contributed by atoms with E-state index in [0.29, 0.717) is 38.0 Å². The first-order chi connectivity index (χ1) is 14.0. The molecule has 2 heterocycles. The van der Waals surface area contributed by atoms with Crippen LogP contribution in [0.1, 0.15) is 40.5 Å². The number of nitrogens with zero attached hydrogens (tertiary/aromatic N) is 4. The van der Waals surface area contributed by atoms with Gasteiger partial charge in [-0.2, -0.15) is 5.10 Å². The predicted molar refractivity (Wildman–Crippen MR) is 107 cm³/mol. The summed E-state index contributed by atoms with van der Waals surface area (Å²) in [7, 11) is 1.66. The van der Waals surface area contributed by atoms with Crippen LogP contribution in [0.4, 0.5) is 4.39 Å². The summed E-state index contributed by atoms with van der Waals surface area (Å²) in [4.78, 5) is 27.0. The molecule has 0 saturated carbocycles. The molecule has 7 heteroatoms. The molecule has 3 aromatic rings. The summed E-state index contributed by atoms with van der Waals surface area (Å²) < 4.78 is 16.5. The third kappa shape index (κ3) is 3.99. The van der Waals surface area contributed by atoms with Crippen LogP contribution in [0, 0.1) is 5.82 Å². The molecule has 1 saturated heterocycles. The van der Waals surface area contributed by atoms with E-state index in [0.717, 1.165) is 11.4 Å². The van der Waals surface area contributed by atoms with Gasteiger partial charge in [0.1, 0.15) is 11.6 Å². The van der Waals surface area contributed by atoms with Crippen LogP contribution in [0.3, 0.4) is 0 Å². The van der Waals surface area contributed by atoms with Crippen molar-refractivity contribution in [2.75, 3.05) is 13.1 Å². The summed E-state index contributed by atoms with van der Waals surface area (Å²) >= 11 is 0. The minimum Gasteiger partial charge on any atom is -0.339 e. The van der Waals surface area contributed by atoms with Gasteiger partial charge in [0.05, 0.1) is 6.54 Å². The number of rotatable bonds is 4. The van der Waals surface area contributed by atoms with Crippen molar-refractivity contribution >= 4 is 5.91 Å². The third-order valence-corrected chi connectivity index (χ3v) is 5.44. The second kappa shape index (κ2) is 8.03. The van der Waals surface area contributed by atoms with Gasteiger partial charge in [0.15, 0.2) is 0 Å². The fourth-order valence-electron chi connectivity index (χ4n) is 3.88. The van der Waals surface area contributed by atoms with Crippen LogP contribution in [-0.2, 0) is 13.6 Å². The van der Waals surface area contributed by atoms with E-state index in [-0.39, 0.29) is 17.5 Å². The first-order valence-electron chi connectivity index (χ1n) is 9.75. The fraction of sp³-hybridized carbons (Fsp3) is 0.318. The number of hydrogen-bond donors (Lipinski definition) is 0. The fourth-order valence-corrected chi connectivity index (χ4v) is 3.88. The summed E-state index contributed by atoms with van der Waals surface area (Å²) in [5.41, 5.74) is 1.27. The van der Waals surface area contributed by atoms with Gasteiger partial charge in [-0.1, -0.05) is 36.4 Å². The number of aromatic nitrogens is 3. The first-order valence-corrected chi connectivity index (χ1v) is 9.75. The molecule has 6 nitrogen and oxygen atoms in total. The van der Waals surface area contributed by atoms with Crippen LogP contribution >= 0.6 is 0 Å². The third-order valence-electron chi connectivity index (χ3n) is 5.44. The largest absolute Gasteiger partial charge is 0.345 e. The van der Waals surface area contributed by atoms with Crippen LogP contribution in [0.15, 0.2) is 59.4 Å². The lowest BCUT2D eigenvalue weighted by Crippen LogP contribution is -2.38. The summed E-state index contributed by atoms with van der Waals surface area (Å²) in [6.45, 7) is 1.58. The minimum atomic E-state index is -0.413.